The molecule has 2 fully saturated rings. The van der Waals surface area contributed by atoms with Gasteiger partial charge in [0.25, 0.3) is 0 Å². The summed E-state index contributed by atoms with van der Waals surface area (Å²) < 4.78 is 42.2. The molecular weight excluding hydrogens is 831 g/mol. The average molecular weight is 877 g/mol. The molecule has 0 aliphatic carbocycles. The van der Waals surface area contributed by atoms with Gasteiger partial charge in [-0.05, 0) is 44.5 Å². The van der Waals surface area contributed by atoms with Gasteiger partial charge in [0.05, 0.1) is 13.2 Å². The second-order valence-electron chi connectivity index (χ2n) is 15.5. The first-order valence-electron chi connectivity index (χ1n) is 21.4. The predicted octanol–water partition coefficient (Wildman–Crippen LogP) is 13.9. The summed E-state index contributed by atoms with van der Waals surface area (Å²) >= 11 is 0. The van der Waals surface area contributed by atoms with Gasteiger partial charge in [0.2, 0.25) is 0 Å². The Labute approximate surface area is 377 Å². The minimum Gasteiger partial charge on any atom is -0.308 e. The van der Waals surface area contributed by atoms with Crippen molar-refractivity contribution in [2.45, 2.75) is 22.4 Å². The molecular formula is C56H46O6P2. The Kier molecular flexibility index (Phi) is 12.3. The van der Waals surface area contributed by atoms with Crippen molar-refractivity contribution in [2.75, 3.05) is 13.2 Å². The molecule has 2 saturated heterocycles. The van der Waals surface area contributed by atoms with E-state index in [-0.39, 0.29) is 13.2 Å². The Morgan fingerprint density at radius 3 is 0.578 bits per heavy atom. The Morgan fingerprint density at radius 2 is 0.422 bits per heavy atom. The summed E-state index contributed by atoms with van der Waals surface area (Å²) in [6, 6.07) is 82.6. The van der Waals surface area contributed by atoms with Crippen LogP contribution in [0.1, 0.15) is 44.5 Å². The van der Waals surface area contributed by atoms with E-state index in [1.54, 1.807) is 0 Å². The lowest BCUT2D eigenvalue weighted by Gasteiger charge is -2.43. The number of rotatable bonds is 14. The molecule has 2 aliphatic rings. The third kappa shape index (κ3) is 7.27. The number of hydrogen-bond acceptors (Lipinski definition) is 6. The normalized spacial score (nSPS) is 17.7. The van der Waals surface area contributed by atoms with E-state index in [2.05, 4.69) is 97.1 Å². The SMILES string of the molecule is C(=CCOP1OC(c2ccccc2)(c2ccccc2)C(c2ccccc2)(c2ccccc2)O1)COP1OC(c2ccccc2)(c2ccccc2)C(c2ccccc2)(c2ccccc2)O1. The van der Waals surface area contributed by atoms with Gasteiger partial charge in [0.1, 0.15) is 0 Å². The van der Waals surface area contributed by atoms with E-state index in [9.17, 15) is 0 Å². The Morgan fingerprint density at radius 1 is 0.266 bits per heavy atom. The maximum atomic E-state index is 7.27. The van der Waals surface area contributed by atoms with Crippen LogP contribution >= 0.6 is 17.2 Å². The quantitative estimate of drug-likeness (QED) is 0.0801. The summed E-state index contributed by atoms with van der Waals surface area (Å²) in [5.41, 5.74) is 3.20. The van der Waals surface area contributed by atoms with Crippen LogP contribution in [0.25, 0.3) is 0 Å². The minimum absolute atomic E-state index is 0.212. The van der Waals surface area contributed by atoms with E-state index in [1.165, 1.54) is 0 Å². The van der Waals surface area contributed by atoms with E-state index < -0.39 is 39.6 Å². The van der Waals surface area contributed by atoms with E-state index in [0.717, 1.165) is 44.5 Å². The van der Waals surface area contributed by atoms with Gasteiger partial charge in [-0.15, -0.1) is 0 Å². The Balaban J connectivity index is 0.956. The largest absolute Gasteiger partial charge is 0.335 e. The standard InChI is InChI=1S/C56H46O6P2/c1-9-27-45(28-10-1)53(46-29-11-2-12-30-46)54(47-31-13-3-14-32-47,48-33-15-4-16-34-48)60-63(59-53)57-43-25-26-44-58-64-61-55(49-35-17-5-18-36-49,50-37-19-6-20-38-50)56(62-64,51-39-21-7-22-40-51)52-41-23-8-24-42-52/h1-42H,43-44H2. The predicted molar refractivity (Wildman–Crippen MR) is 254 cm³/mol. The lowest BCUT2D eigenvalue weighted by Crippen LogP contribution is -2.48. The zero-order valence-electron chi connectivity index (χ0n) is 35.0. The molecule has 64 heavy (non-hydrogen) atoms. The summed E-state index contributed by atoms with van der Waals surface area (Å²) in [5.74, 6) is 0. The number of hydrogen-bond donors (Lipinski definition) is 0. The van der Waals surface area contributed by atoms with E-state index in [0.29, 0.717) is 0 Å². The molecule has 0 radical (unpaired) electrons. The second-order valence-corrected chi connectivity index (χ2v) is 17.7. The van der Waals surface area contributed by atoms with Crippen LogP contribution in [0, 0.1) is 0 Å². The molecule has 316 valence electrons. The number of benzene rings is 8. The molecule has 8 heteroatoms. The van der Waals surface area contributed by atoms with Crippen molar-refractivity contribution in [3.63, 3.8) is 0 Å². The van der Waals surface area contributed by atoms with Crippen LogP contribution in [0.4, 0.5) is 0 Å². The highest BCUT2D eigenvalue weighted by Gasteiger charge is 2.67. The summed E-state index contributed by atoms with van der Waals surface area (Å²) in [6.45, 7) is 0.425. The van der Waals surface area contributed by atoms with Gasteiger partial charge in [-0.3, -0.25) is 18.1 Å². The highest BCUT2D eigenvalue weighted by Crippen LogP contribution is 2.72. The van der Waals surface area contributed by atoms with Crippen LogP contribution in [-0.4, -0.2) is 13.2 Å². The fraction of sp³-hybridized carbons (Fsp3) is 0.107. The molecule has 0 unspecified atom stereocenters. The summed E-state index contributed by atoms with van der Waals surface area (Å²) in [5, 5.41) is 0. The van der Waals surface area contributed by atoms with Crippen LogP contribution in [0.2, 0.25) is 0 Å². The van der Waals surface area contributed by atoms with Crippen molar-refractivity contribution < 1.29 is 27.1 Å². The second kappa shape index (κ2) is 18.7. The summed E-state index contributed by atoms with van der Waals surface area (Å²) in [7, 11) is -3.82. The molecule has 8 aromatic carbocycles. The van der Waals surface area contributed by atoms with Crippen molar-refractivity contribution in [1.29, 1.82) is 0 Å². The van der Waals surface area contributed by atoms with Crippen LogP contribution in [0.15, 0.2) is 255 Å². The molecule has 0 aromatic heterocycles. The molecule has 0 saturated carbocycles. The van der Waals surface area contributed by atoms with Gasteiger partial charge in [0, 0.05) is 0 Å². The first-order valence-corrected chi connectivity index (χ1v) is 23.6. The van der Waals surface area contributed by atoms with Gasteiger partial charge in [-0.1, -0.05) is 255 Å². The van der Waals surface area contributed by atoms with Crippen molar-refractivity contribution in [3.8, 4) is 0 Å². The summed E-state index contributed by atoms with van der Waals surface area (Å²) in [6.07, 6.45) is 3.86. The highest BCUT2D eigenvalue weighted by atomic mass is 31.2. The van der Waals surface area contributed by atoms with Crippen LogP contribution in [0.3, 0.4) is 0 Å². The third-order valence-corrected chi connectivity index (χ3v) is 14.4. The molecule has 8 aromatic rings. The Bertz CT molecular complexity index is 2200. The van der Waals surface area contributed by atoms with E-state index in [1.807, 2.05) is 158 Å². The molecule has 10 rings (SSSR count). The first kappa shape index (κ1) is 42.1. The lowest BCUT2D eigenvalue weighted by atomic mass is 9.66. The third-order valence-electron chi connectivity index (χ3n) is 12.0. The smallest absolute Gasteiger partial charge is 0.308 e. The minimum atomic E-state index is -1.91. The molecule has 0 atom stereocenters. The molecule has 2 heterocycles. The molecule has 0 N–H and O–H groups in total. The Hall–Kier alpha value is -5.88. The highest BCUT2D eigenvalue weighted by molar-refractivity contribution is 7.42. The van der Waals surface area contributed by atoms with Gasteiger partial charge in [0.15, 0.2) is 22.4 Å². The first-order chi connectivity index (χ1) is 31.7. The van der Waals surface area contributed by atoms with Crippen LogP contribution in [-0.2, 0) is 49.5 Å². The van der Waals surface area contributed by atoms with Gasteiger partial charge in [-0.25, -0.2) is 0 Å². The molecule has 0 amide bonds. The van der Waals surface area contributed by atoms with E-state index >= 15 is 0 Å². The maximum Gasteiger partial charge on any atom is 0.335 e. The zero-order chi connectivity index (χ0) is 43.1. The van der Waals surface area contributed by atoms with Gasteiger partial charge < -0.3 is 9.05 Å². The topological polar surface area (TPSA) is 55.4 Å². The average Bonchev–Trinajstić information content (AvgIpc) is 3.94. The fourth-order valence-electron chi connectivity index (χ4n) is 9.29. The monoisotopic (exact) mass is 876 g/mol. The van der Waals surface area contributed by atoms with Crippen LogP contribution < -0.4 is 0 Å². The molecule has 0 spiro atoms. The lowest BCUT2D eigenvalue weighted by molar-refractivity contribution is 0.00370. The van der Waals surface area contributed by atoms with E-state index in [4.69, 9.17) is 27.1 Å². The van der Waals surface area contributed by atoms with Crippen LogP contribution in [0.5, 0.6) is 0 Å². The van der Waals surface area contributed by atoms with Crippen molar-refractivity contribution >= 4 is 17.2 Å². The summed E-state index contributed by atoms with van der Waals surface area (Å²) in [4.78, 5) is 0. The van der Waals surface area contributed by atoms with Crippen molar-refractivity contribution in [1.82, 2.24) is 0 Å². The zero-order valence-corrected chi connectivity index (χ0v) is 36.8. The molecule has 6 nitrogen and oxygen atoms in total. The van der Waals surface area contributed by atoms with Crippen molar-refractivity contribution in [2.24, 2.45) is 0 Å². The fourth-order valence-corrected chi connectivity index (χ4v) is 12.2. The van der Waals surface area contributed by atoms with Gasteiger partial charge >= 0.3 is 17.2 Å². The maximum absolute atomic E-state index is 7.27. The van der Waals surface area contributed by atoms with Crippen molar-refractivity contribution in [3.05, 3.63) is 299 Å². The molecule has 0 bridgehead atoms. The van der Waals surface area contributed by atoms with Gasteiger partial charge in [-0.2, -0.15) is 0 Å². The molecule has 2 aliphatic heterocycles.